The van der Waals surface area contributed by atoms with Crippen molar-refractivity contribution in [3.8, 4) is 11.5 Å². The summed E-state index contributed by atoms with van der Waals surface area (Å²) < 4.78 is 43.0. The molecule has 1 fully saturated rings. The molecule has 0 aromatic heterocycles. The second kappa shape index (κ2) is 8.49. The van der Waals surface area contributed by atoms with Crippen LogP contribution in [0.25, 0.3) is 0 Å². The Morgan fingerprint density at radius 1 is 1.22 bits per heavy atom. The van der Waals surface area contributed by atoms with Crippen LogP contribution in [0.5, 0.6) is 11.5 Å². The smallest absolute Gasteiger partial charge is 0.244 e. The zero-order valence-corrected chi connectivity index (χ0v) is 14.4. The minimum Gasteiger partial charge on any atom is -0.497 e. The molecule has 8 heteroatoms. The summed E-state index contributed by atoms with van der Waals surface area (Å²) in [5.41, 5.74) is 0. The number of nitrogens with zero attached hydrogens (tertiary/aromatic N) is 1. The van der Waals surface area contributed by atoms with Crippen molar-refractivity contribution in [2.75, 3.05) is 53.6 Å². The fourth-order valence-electron chi connectivity index (χ4n) is 2.41. The Morgan fingerprint density at radius 3 is 2.61 bits per heavy atom. The van der Waals surface area contributed by atoms with Crippen molar-refractivity contribution in [3.63, 3.8) is 0 Å². The van der Waals surface area contributed by atoms with Crippen LogP contribution in [0.15, 0.2) is 23.1 Å². The summed E-state index contributed by atoms with van der Waals surface area (Å²) in [6, 6.07) is 4.71. The monoisotopic (exact) mass is 344 g/mol. The topological polar surface area (TPSA) is 77.1 Å². The molecular formula is C15H24N2O5S. The number of hydrogen-bond acceptors (Lipinski definition) is 6. The van der Waals surface area contributed by atoms with Gasteiger partial charge in [0.1, 0.15) is 16.4 Å². The summed E-state index contributed by atoms with van der Waals surface area (Å²) in [6.07, 6.45) is 0.742. The predicted octanol–water partition coefficient (Wildman–Crippen LogP) is 0.704. The molecule has 1 aromatic rings. The molecule has 1 aromatic carbocycles. The van der Waals surface area contributed by atoms with Gasteiger partial charge >= 0.3 is 0 Å². The zero-order valence-electron chi connectivity index (χ0n) is 13.6. The third kappa shape index (κ3) is 5.07. The maximum absolute atomic E-state index is 12.5. The second-order valence-electron chi connectivity index (χ2n) is 5.22. The van der Waals surface area contributed by atoms with Crippen LogP contribution in [0.2, 0.25) is 0 Å². The van der Waals surface area contributed by atoms with E-state index in [1.54, 1.807) is 12.1 Å². The van der Waals surface area contributed by atoms with Crippen LogP contribution in [-0.2, 0) is 14.8 Å². The first-order chi connectivity index (χ1) is 11.1. The number of rotatable bonds is 8. The third-order valence-corrected chi connectivity index (χ3v) is 5.19. The van der Waals surface area contributed by atoms with E-state index in [1.165, 1.54) is 20.3 Å². The van der Waals surface area contributed by atoms with Crippen LogP contribution in [-0.4, -0.2) is 66.9 Å². The lowest BCUT2D eigenvalue weighted by atomic mass is 10.3. The first-order valence-electron chi connectivity index (χ1n) is 7.58. The standard InChI is InChI=1S/C15H24N2O5S/c1-20-13-4-5-14(21-2)15(12-13)23(18,19)16-6-3-7-17-8-10-22-11-9-17/h4-5,12,16H,3,6-11H2,1-2H3. The first kappa shape index (κ1) is 18.0. The Bertz CT molecular complexity index is 600. The molecule has 0 bridgehead atoms. The maximum atomic E-state index is 12.5. The third-order valence-electron chi connectivity index (χ3n) is 3.71. The van der Waals surface area contributed by atoms with Crippen LogP contribution in [0.1, 0.15) is 6.42 Å². The predicted molar refractivity (Wildman–Crippen MR) is 86.6 cm³/mol. The highest BCUT2D eigenvalue weighted by molar-refractivity contribution is 7.89. The van der Waals surface area contributed by atoms with E-state index in [-0.39, 0.29) is 4.90 Å². The summed E-state index contributed by atoms with van der Waals surface area (Å²) in [5.74, 6) is 0.769. The van der Waals surface area contributed by atoms with Gasteiger partial charge in [-0.3, -0.25) is 4.90 Å². The molecule has 0 unspecified atom stereocenters. The summed E-state index contributed by atoms with van der Waals surface area (Å²) in [5, 5.41) is 0. The van der Waals surface area contributed by atoms with Crippen molar-refractivity contribution >= 4 is 10.0 Å². The van der Waals surface area contributed by atoms with E-state index in [0.717, 1.165) is 39.3 Å². The number of nitrogens with one attached hydrogen (secondary N) is 1. The number of hydrogen-bond donors (Lipinski definition) is 1. The Labute approximate surface area is 137 Å². The molecule has 1 heterocycles. The van der Waals surface area contributed by atoms with Gasteiger partial charge in [0.15, 0.2) is 0 Å². The van der Waals surface area contributed by atoms with Gasteiger partial charge in [-0.05, 0) is 25.1 Å². The molecule has 0 radical (unpaired) electrons. The fraction of sp³-hybridized carbons (Fsp3) is 0.600. The molecule has 1 aliphatic rings. The van der Waals surface area contributed by atoms with Crippen LogP contribution in [0.4, 0.5) is 0 Å². The van der Waals surface area contributed by atoms with Crippen molar-refractivity contribution in [1.82, 2.24) is 9.62 Å². The average molecular weight is 344 g/mol. The van der Waals surface area contributed by atoms with Gasteiger partial charge in [0.2, 0.25) is 10.0 Å². The van der Waals surface area contributed by atoms with Gasteiger partial charge < -0.3 is 14.2 Å². The van der Waals surface area contributed by atoms with Crippen molar-refractivity contribution < 1.29 is 22.6 Å². The van der Waals surface area contributed by atoms with Gasteiger partial charge in [-0.15, -0.1) is 0 Å². The normalized spacial score (nSPS) is 16.3. The molecule has 1 saturated heterocycles. The Hall–Kier alpha value is -1.35. The van der Waals surface area contributed by atoms with Crippen LogP contribution in [0, 0.1) is 0 Å². The molecule has 23 heavy (non-hydrogen) atoms. The molecule has 0 atom stereocenters. The molecule has 0 amide bonds. The molecular weight excluding hydrogens is 320 g/mol. The van der Waals surface area contributed by atoms with E-state index in [0.29, 0.717) is 18.0 Å². The van der Waals surface area contributed by atoms with Gasteiger partial charge in [-0.2, -0.15) is 0 Å². The summed E-state index contributed by atoms with van der Waals surface area (Å²) in [6.45, 7) is 4.51. The number of methoxy groups -OCH3 is 2. The quantitative estimate of drug-likeness (QED) is 0.700. The van der Waals surface area contributed by atoms with Crippen molar-refractivity contribution in [3.05, 3.63) is 18.2 Å². The molecule has 0 spiro atoms. The highest BCUT2D eigenvalue weighted by Crippen LogP contribution is 2.27. The van der Waals surface area contributed by atoms with Crippen LogP contribution < -0.4 is 14.2 Å². The van der Waals surface area contributed by atoms with Gasteiger partial charge in [0, 0.05) is 25.7 Å². The largest absolute Gasteiger partial charge is 0.497 e. The Kier molecular flexibility index (Phi) is 6.64. The fourth-order valence-corrected chi connectivity index (χ4v) is 3.66. The lowest BCUT2D eigenvalue weighted by Gasteiger charge is -2.26. The number of benzene rings is 1. The SMILES string of the molecule is COc1ccc(OC)c(S(=O)(=O)NCCCN2CCOCC2)c1. The van der Waals surface area contributed by atoms with Gasteiger partial charge in [-0.1, -0.05) is 0 Å². The van der Waals surface area contributed by atoms with Gasteiger partial charge in [0.05, 0.1) is 27.4 Å². The molecule has 7 nitrogen and oxygen atoms in total. The summed E-state index contributed by atoms with van der Waals surface area (Å²) in [7, 11) is -0.699. The van der Waals surface area contributed by atoms with E-state index in [1.807, 2.05) is 0 Å². The minimum atomic E-state index is -3.64. The van der Waals surface area contributed by atoms with Crippen molar-refractivity contribution in [1.29, 1.82) is 0 Å². The van der Waals surface area contributed by atoms with E-state index in [9.17, 15) is 8.42 Å². The molecule has 130 valence electrons. The average Bonchev–Trinajstić information content (AvgIpc) is 2.59. The highest BCUT2D eigenvalue weighted by atomic mass is 32.2. The van der Waals surface area contributed by atoms with Gasteiger partial charge in [0.25, 0.3) is 0 Å². The first-order valence-corrected chi connectivity index (χ1v) is 9.07. The van der Waals surface area contributed by atoms with Crippen LogP contribution in [0.3, 0.4) is 0 Å². The lowest BCUT2D eigenvalue weighted by Crippen LogP contribution is -2.38. The molecule has 1 aliphatic heterocycles. The zero-order chi connectivity index (χ0) is 16.7. The maximum Gasteiger partial charge on any atom is 0.244 e. The minimum absolute atomic E-state index is 0.0886. The lowest BCUT2D eigenvalue weighted by molar-refractivity contribution is 0.0376. The summed E-state index contributed by atoms with van der Waals surface area (Å²) >= 11 is 0. The van der Waals surface area contributed by atoms with Crippen LogP contribution >= 0.6 is 0 Å². The Balaban J connectivity index is 1.93. The van der Waals surface area contributed by atoms with Gasteiger partial charge in [-0.25, -0.2) is 13.1 Å². The molecule has 0 saturated carbocycles. The molecule has 2 rings (SSSR count). The van der Waals surface area contributed by atoms with E-state index in [2.05, 4.69) is 9.62 Å². The highest BCUT2D eigenvalue weighted by Gasteiger charge is 2.20. The number of ether oxygens (including phenoxy) is 3. The number of morpholine rings is 1. The van der Waals surface area contributed by atoms with E-state index < -0.39 is 10.0 Å². The molecule has 1 N–H and O–H groups in total. The molecule has 0 aliphatic carbocycles. The Morgan fingerprint density at radius 2 is 1.96 bits per heavy atom. The second-order valence-corrected chi connectivity index (χ2v) is 6.96. The van der Waals surface area contributed by atoms with E-state index >= 15 is 0 Å². The summed E-state index contributed by atoms with van der Waals surface area (Å²) in [4.78, 5) is 2.36. The number of sulfonamides is 1. The van der Waals surface area contributed by atoms with Crippen molar-refractivity contribution in [2.24, 2.45) is 0 Å². The van der Waals surface area contributed by atoms with Crippen molar-refractivity contribution in [2.45, 2.75) is 11.3 Å². The van der Waals surface area contributed by atoms with E-state index in [4.69, 9.17) is 14.2 Å².